The molecule has 1 N–H and O–H groups in total. The summed E-state index contributed by atoms with van der Waals surface area (Å²) in [5.41, 5.74) is 6.31. The van der Waals surface area contributed by atoms with Gasteiger partial charge in [-0.2, -0.15) is 0 Å². The Morgan fingerprint density at radius 3 is 2.48 bits per heavy atom. The lowest BCUT2D eigenvalue weighted by Crippen LogP contribution is -2.09. The Kier molecular flexibility index (Phi) is 3.44. The number of nitrogens with zero attached hydrogens (tertiary/aromatic N) is 2. The van der Waals surface area contributed by atoms with Gasteiger partial charge in [0, 0.05) is 40.0 Å². The molecule has 0 radical (unpaired) electrons. The summed E-state index contributed by atoms with van der Waals surface area (Å²) >= 11 is 0. The lowest BCUT2D eigenvalue weighted by atomic mass is 10.1. The number of benzene rings is 2. The predicted octanol–water partition coefficient (Wildman–Crippen LogP) is 4.82. The van der Waals surface area contributed by atoms with Gasteiger partial charge in [-0.05, 0) is 31.2 Å². The van der Waals surface area contributed by atoms with E-state index in [2.05, 4.69) is 4.98 Å². The first-order valence-electron chi connectivity index (χ1n) is 8.87. The minimum Gasteiger partial charge on any atom is -0.354 e. The van der Waals surface area contributed by atoms with Crippen LogP contribution in [0.5, 0.6) is 0 Å². The summed E-state index contributed by atoms with van der Waals surface area (Å²) in [6.45, 7) is 1.87. The first kappa shape index (κ1) is 15.6. The van der Waals surface area contributed by atoms with Gasteiger partial charge in [0.15, 0.2) is 5.43 Å². The van der Waals surface area contributed by atoms with Gasteiger partial charge >= 0.3 is 0 Å². The van der Waals surface area contributed by atoms with Crippen LogP contribution < -0.4 is 5.43 Å². The van der Waals surface area contributed by atoms with Crippen LogP contribution in [0, 0.1) is 6.92 Å². The number of hydrogen-bond donors (Lipinski definition) is 1. The topological polar surface area (TPSA) is 50.2 Å². The van der Waals surface area contributed by atoms with Crippen LogP contribution in [0.15, 0.2) is 83.9 Å². The van der Waals surface area contributed by atoms with Gasteiger partial charge in [-0.15, -0.1) is 0 Å². The van der Waals surface area contributed by atoms with Crippen molar-refractivity contribution in [1.29, 1.82) is 0 Å². The maximum absolute atomic E-state index is 12.7. The molecule has 3 heterocycles. The van der Waals surface area contributed by atoms with Gasteiger partial charge in [0.25, 0.3) is 0 Å². The van der Waals surface area contributed by atoms with Gasteiger partial charge in [-0.25, -0.2) is 4.98 Å². The summed E-state index contributed by atoms with van der Waals surface area (Å²) in [7, 11) is 0. The van der Waals surface area contributed by atoms with Crippen molar-refractivity contribution in [3.05, 3.63) is 94.9 Å². The molecule has 0 fully saturated rings. The van der Waals surface area contributed by atoms with E-state index in [1.807, 2.05) is 90.4 Å². The van der Waals surface area contributed by atoms with Crippen LogP contribution in [-0.2, 0) is 0 Å². The van der Waals surface area contributed by atoms with Crippen molar-refractivity contribution in [1.82, 2.24) is 14.4 Å². The minimum atomic E-state index is 0.0649. The van der Waals surface area contributed by atoms with E-state index in [0.717, 1.165) is 39.2 Å². The second-order valence-electron chi connectivity index (χ2n) is 6.68. The second-order valence-corrected chi connectivity index (χ2v) is 6.68. The fraction of sp³-hybridized carbons (Fsp3) is 0.0435. The van der Waals surface area contributed by atoms with Crippen LogP contribution in [0.2, 0.25) is 0 Å². The van der Waals surface area contributed by atoms with Crippen LogP contribution >= 0.6 is 0 Å². The number of rotatable bonds is 2. The molecule has 0 unspecified atom stereocenters. The van der Waals surface area contributed by atoms with Crippen LogP contribution in [0.25, 0.3) is 39.1 Å². The molecule has 0 aliphatic heterocycles. The largest absolute Gasteiger partial charge is 0.354 e. The fourth-order valence-electron chi connectivity index (χ4n) is 3.51. The number of hydrogen-bond acceptors (Lipinski definition) is 2. The lowest BCUT2D eigenvalue weighted by Gasteiger charge is -2.09. The third-order valence-electron chi connectivity index (χ3n) is 4.96. The van der Waals surface area contributed by atoms with Crippen LogP contribution in [0.3, 0.4) is 0 Å². The van der Waals surface area contributed by atoms with E-state index in [4.69, 9.17) is 4.98 Å². The molecule has 3 aromatic heterocycles. The number of aromatic amines is 1. The van der Waals surface area contributed by atoms with E-state index in [0.29, 0.717) is 5.39 Å². The molecule has 2 aromatic carbocycles. The normalized spacial score (nSPS) is 11.3. The molecular formula is C23H17N3O. The first-order chi connectivity index (χ1) is 13.2. The Balaban J connectivity index is 1.69. The predicted molar refractivity (Wildman–Crippen MR) is 109 cm³/mol. The summed E-state index contributed by atoms with van der Waals surface area (Å²) in [6.07, 6.45) is 4.03. The highest BCUT2D eigenvalue weighted by Crippen LogP contribution is 2.24. The maximum atomic E-state index is 12.7. The molecule has 5 aromatic rings. The van der Waals surface area contributed by atoms with Crippen molar-refractivity contribution < 1.29 is 0 Å². The molecule has 0 aliphatic carbocycles. The molecule has 0 saturated heterocycles. The van der Waals surface area contributed by atoms with E-state index in [1.165, 1.54) is 0 Å². The van der Waals surface area contributed by atoms with Gasteiger partial charge in [-0.1, -0.05) is 42.5 Å². The number of fused-ring (bicyclic) bond motifs is 2. The van der Waals surface area contributed by atoms with E-state index >= 15 is 0 Å². The smallest absolute Gasteiger partial charge is 0.192 e. The first-order valence-corrected chi connectivity index (χ1v) is 8.87. The van der Waals surface area contributed by atoms with Crippen LogP contribution in [0.4, 0.5) is 0 Å². The van der Waals surface area contributed by atoms with Crippen molar-refractivity contribution in [3.63, 3.8) is 0 Å². The van der Waals surface area contributed by atoms with Gasteiger partial charge in [0.1, 0.15) is 5.65 Å². The molecular weight excluding hydrogens is 334 g/mol. The molecule has 4 heteroatoms. The quantitative estimate of drug-likeness (QED) is 0.496. The number of aromatic nitrogens is 3. The minimum absolute atomic E-state index is 0.0649. The van der Waals surface area contributed by atoms with Crippen LogP contribution in [-0.4, -0.2) is 14.4 Å². The molecule has 0 saturated carbocycles. The Bertz CT molecular complexity index is 1350. The molecule has 4 nitrogen and oxygen atoms in total. The van der Waals surface area contributed by atoms with E-state index in [-0.39, 0.29) is 5.43 Å². The van der Waals surface area contributed by atoms with E-state index < -0.39 is 0 Å². The van der Waals surface area contributed by atoms with Crippen molar-refractivity contribution in [2.75, 3.05) is 0 Å². The molecule has 0 bridgehead atoms. The standard InChI is InChI=1S/C23H17N3O/c1-15-22(25-19-10-6-5-9-18(19)23(15)27)17-11-12-21-24-20(14-26(21)13-17)16-7-3-2-4-8-16/h2-14H,1H3,(H,25,27). The third-order valence-corrected chi connectivity index (χ3v) is 4.96. The van der Waals surface area contributed by atoms with E-state index in [9.17, 15) is 4.79 Å². The average molecular weight is 351 g/mol. The van der Waals surface area contributed by atoms with Gasteiger partial charge in [0.2, 0.25) is 0 Å². The third kappa shape index (κ3) is 2.54. The average Bonchev–Trinajstić information content (AvgIpc) is 3.15. The SMILES string of the molecule is Cc1c(-c2ccc3nc(-c4ccccc4)cn3c2)[nH]c2ccccc2c1=O. The number of imidazole rings is 1. The molecule has 27 heavy (non-hydrogen) atoms. The summed E-state index contributed by atoms with van der Waals surface area (Å²) < 4.78 is 2.00. The van der Waals surface area contributed by atoms with E-state index in [1.54, 1.807) is 0 Å². The maximum Gasteiger partial charge on any atom is 0.192 e. The zero-order chi connectivity index (χ0) is 18.4. The monoisotopic (exact) mass is 351 g/mol. The molecule has 0 amide bonds. The molecule has 130 valence electrons. The summed E-state index contributed by atoms with van der Waals surface area (Å²) in [5.74, 6) is 0. The molecule has 0 aliphatic rings. The molecule has 0 atom stereocenters. The Morgan fingerprint density at radius 1 is 0.852 bits per heavy atom. The summed E-state index contributed by atoms with van der Waals surface area (Å²) in [4.78, 5) is 20.9. The Morgan fingerprint density at radius 2 is 1.63 bits per heavy atom. The highest BCUT2D eigenvalue weighted by molar-refractivity contribution is 5.83. The molecule has 0 spiro atoms. The Hall–Kier alpha value is -3.66. The number of para-hydroxylation sites is 1. The number of H-pyrrole nitrogens is 1. The highest BCUT2D eigenvalue weighted by Gasteiger charge is 2.11. The highest BCUT2D eigenvalue weighted by atomic mass is 16.1. The number of pyridine rings is 2. The van der Waals surface area contributed by atoms with Crippen molar-refractivity contribution in [3.8, 4) is 22.5 Å². The zero-order valence-corrected chi connectivity index (χ0v) is 14.8. The van der Waals surface area contributed by atoms with Crippen molar-refractivity contribution >= 4 is 16.6 Å². The van der Waals surface area contributed by atoms with Gasteiger partial charge < -0.3 is 9.38 Å². The number of nitrogens with one attached hydrogen (secondary N) is 1. The van der Waals surface area contributed by atoms with Crippen LogP contribution in [0.1, 0.15) is 5.56 Å². The lowest BCUT2D eigenvalue weighted by molar-refractivity contribution is 1.17. The summed E-state index contributed by atoms with van der Waals surface area (Å²) in [6, 6.07) is 21.7. The Labute approximate surface area is 155 Å². The second kappa shape index (κ2) is 5.95. The fourth-order valence-corrected chi connectivity index (χ4v) is 3.51. The summed E-state index contributed by atoms with van der Waals surface area (Å²) in [5, 5.41) is 0.717. The molecule has 5 rings (SSSR count). The van der Waals surface area contributed by atoms with Gasteiger partial charge in [-0.3, -0.25) is 4.79 Å². The van der Waals surface area contributed by atoms with Crippen molar-refractivity contribution in [2.24, 2.45) is 0 Å². The zero-order valence-electron chi connectivity index (χ0n) is 14.8. The van der Waals surface area contributed by atoms with Crippen molar-refractivity contribution in [2.45, 2.75) is 6.92 Å². The van der Waals surface area contributed by atoms with Gasteiger partial charge in [0.05, 0.1) is 11.4 Å².